The van der Waals surface area contributed by atoms with Crippen LogP contribution in [0.2, 0.25) is 18.1 Å². The molecule has 0 amide bonds. The van der Waals surface area contributed by atoms with Crippen LogP contribution in [0.4, 0.5) is 0 Å². The average molecular weight is 539 g/mol. The number of rotatable bonds is 3. The molecule has 2 saturated carbocycles. The third-order valence-corrected chi connectivity index (χ3v) is 14.9. The Kier molecular flexibility index (Phi) is 6.16. The minimum absolute atomic E-state index is 0.223. The molecule has 0 radical (unpaired) electrons. The number of hydrogen-bond acceptors (Lipinski definition) is 2. The Bertz CT molecular complexity index is 1120. The van der Waals surface area contributed by atoms with Gasteiger partial charge in [-0.1, -0.05) is 39.3 Å². The number of aromatic nitrogens is 1. The maximum atomic E-state index is 6.66. The van der Waals surface area contributed by atoms with Crippen LogP contribution in [0.1, 0.15) is 82.5 Å². The van der Waals surface area contributed by atoms with E-state index in [9.17, 15) is 0 Å². The molecule has 1 aromatic carbocycles. The Morgan fingerprint density at radius 3 is 2.65 bits per heavy atom. The van der Waals surface area contributed by atoms with Gasteiger partial charge in [-0.3, -0.25) is 4.98 Å². The van der Waals surface area contributed by atoms with E-state index in [1.165, 1.54) is 38.5 Å². The normalized spacial score (nSPS) is 30.0. The average Bonchev–Trinajstić information content (AvgIpc) is 3.10. The highest BCUT2D eigenvalue weighted by Crippen LogP contribution is 2.63. The van der Waals surface area contributed by atoms with E-state index in [2.05, 4.69) is 92.0 Å². The third-order valence-electron chi connectivity index (χ3n) is 9.82. The Morgan fingerprint density at radius 1 is 1.12 bits per heavy atom. The molecule has 182 valence electrons. The molecule has 2 nitrogen and oxygen atoms in total. The summed E-state index contributed by atoms with van der Waals surface area (Å²) in [7, 11) is -1.81. The molecule has 2 aromatic rings. The fraction of sp³-hybridized carbons (Fsp3) is 0.567. The van der Waals surface area contributed by atoms with Crippen LogP contribution in [0.5, 0.6) is 5.75 Å². The summed E-state index contributed by atoms with van der Waals surface area (Å²) in [4.78, 5) is 4.64. The van der Waals surface area contributed by atoms with Crippen LogP contribution in [0, 0.1) is 17.3 Å². The molecule has 0 saturated heterocycles. The highest BCUT2D eigenvalue weighted by Gasteiger charge is 2.52. The van der Waals surface area contributed by atoms with Crippen LogP contribution in [0.3, 0.4) is 0 Å². The lowest BCUT2D eigenvalue weighted by atomic mass is 9.55. The number of nitrogens with zero attached hydrogens (tertiary/aromatic N) is 1. The van der Waals surface area contributed by atoms with Gasteiger partial charge in [0, 0.05) is 10.7 Å². The number of fused-ring (bicyclic) bond motifs is 5. The summed E-state index contributed by atoms with van der Waals surface area (Å²) < 4.78 is 7.76. The molecule has 0 aliphatic heterocycles. The molecule has 1 aromatic heterocycles. The van der Waals surface area contributed by atoms with Crippen molar-refractivity contribution in [3.8, 4) is 5.75 Å². The van der Waals surface area contributed by atoms with Crippen LogP contribution in [0.15, 0.2) is 46.6 Å². The van der Waals surface area contributed by atoms with Gasteiger partial charge in [-0.2, -0.15) is 0 Å². The topological polar surface area (TPSA) is 22.1 Å². The summed E-state index contributed by atoms with van der Waals surface area (Å²) in [6.45, 7) is 14.2. The lowest BCUT2D eigenvalue weighted by Gasteiger charge is -2.49. The Labute approximate surface area is 215 Å². The second-order valence-corrected chi connectivity index (χ2v) is 18.3. The monoisotopic (exact) mass is 537 g/mol. The van der Waals surface area contributed by atoms with Crippen molar-refractivity contribution >= 4 is 30.3 Å². The largest absolute Gasteiger partial charge is 0.543 e. The first-order valence-corrected chi connectivity index (χ1v) is 16.8. The number of hydrogen-bond donors (Lipinski definition) is 0. The van der Waals surface area contributed by atoms with Gasteiger partial charge < -0.3 is 4.43 Å². The summed E-state index contributed by atoms with van der Waals surface area (Å²) in [6.07, 6.45) is 12.0. The molecular weight excluding hydrogens is 498 g/mol. The number of benzene rings is 1. The summed E-state index contributed by atoms with van der Waals surface area (Å²) in [5.41, 5.74) is 6.20. The zero-order valence-corrected chi connectivity index (χ0v) is 24.3. The quantitative estimate of drug-likeness (QED) is 0.364. The molecule has 0 N–H and O–H groups in total. The van der Waals surface area contributed by atoms with Crippen LogP contribution in [-0.2, 0) is 6.42 Å². The van der Waals surface area contributed by atoms with Crippen molar-refractivity contribution in [2.45, 2.75) is 90.3 Å². The van der Waals surface area contributed by atoms with Gasteiger partial charge in [0.05, 0.1) is 5.69 Å². The molecule has 3 aliphatic rings. The van der Waals surface area contributed by atoms with Gasteiger partial charge in [-0.25, -0.2) is 0 Å². The standard InChI is InChI=1S/C30H40BrNOSi/c1-29(2,3)34(5,6)33-22-11-13-23-20(18-22)9-12-25-24(23)15-16-30(4)21(10-14-26(25)30)19-28-27(31)8-7-17-32-28/h7-8,11,13,17-19,24-26H,9-10,12,14-16H2,1-6H3/t24-,25-,26+,30-/m1/s1. The number of allylic oxidation sites excluding steroid dienone is 1. The zero-order valence-electron chi connectivity index (χ0n) is 21.7. The highest BCUT2D eigenvalue weighted by atomic mass is 79.9. The fourth-order valence-electron chi connectivity index (χ4n) is 6.82. The van der Waals surface area contributed by atoms with E-state index in [-0.39, 0.29) is 5.04 Å². The number of aryl methyl sites for hydroxylation is 1. The summed E-state index contributed by atoms with van der Waals surface area (Å²) >= 11 is 3.70. The molecule has 34 heavy (non-hydrogen) atoms. The molecule has 0 bridgehead atoms. The Balaban J connectivity index is 1.39. The molecule has 2 fully saturated rings. The van der Waals surface area contributed by atoms with Crippen molar-refractivity contribution in [3.63, 3.8) is 0 Å². The molecule has 0 unspecified atom stereocenters. The second-order valence-electron chi connectivity index (χ2n) is 12.7. The van der Waals surface area contributed by atoms with E-state index in [0.717, 1.165) is 27.8 Å². The minimum atomic E-state index is -1.81. The molecule has 5 rings (SSSR count). The molecule has 1 heterocycles. The predicted molar refractivity (Wildman–Crippen MR) is 149 cm³/mol. The van der Waals surface area contributed by atoms with Crippen molar-refractivity contribution < 1.29 is 4.43 Å². The van der Waals surface area contributed by atoms with Gasteiger partial charge in [-0.05, 0) is 137 Å². The van der Waals surface area contributed by atoms with Crippen molar-refractivity contribution in [1.29, 1.82) is 0 Å². The van der Waals surface area contributed by atoms with Gasteiger partial charge in [0.2, 0.25) is 8.32 Å². The van der Waals surface area contributed by atoms with Gasteiger partial charge in [-0.15, -0.1) is 0 Å². The van der Waals surface area contributed by atoms with Gasteiger partial charge in [0.15, 0.2) is 0 Å². The summed E-state index contributed by atoms with van der Waals surface area (Å²) in [5.74, 6) is 3.40. The maximum Gasteiger partial charge on any atom is 0.250 e. The maximum absolute atomic E-state index is 6.66. The van der Waals surface area contributed by atoms with E-state index >= 15 is 0 Å². The van der Waals surface area contributed by atoms with E-state index < -0.39 is 8.32 Å². The number of halogens is 1. The first-order chi connectivity index (χ1) is 16.0. The van der Waals surface area contributed by atoms with Crippen molar-refractivity contribution in [1.82, 2.24) is 4.98 Å². The van der Waals surface area contributed by atoms with Crippen LogP contribution < -0.4 is 4.43 Å². The molecule has 0 spiro atoms. The Morgan fingerprint density at radius 2 is 1.91 bits per heavy atom. The highest BCUT2D eigenvalue weighted by molar-refractivity contribution is 9.10. The van der Waals surface area contributed by atoms with Gasteiger partial charge in [0.1, 0.15) is 5.75 Å². The predicted octanol–water partition coefficient (Wildman–Crippen LogP) is 9.17. The SMILES string of the molecule is CC(C)(C)[Si](C)(C)Oc1ccc2c(c1)CC[C@@H]1[C@@H]2CC[C@]2(C)C(=Cc3ncccc3Br)CC[C@@H]12. The van der Waals surface area contributed by atoms with E-state index in [1.807, 2.05) is 12.3 Å². The van der Waals surface area contributed by atoms with Crippen molar-refractivity contribution in [3.05, 3.63) is 63.4 Å². The molecule has 3 aliphatic carbocycles. The van der Waals surface area contributed by atoms with E-state index in [0.29, 0.717) is 11.3 Å². The van der Waals surface area contributed by atoms with E-state index in [1.54, 1.807) is 16.7 Å². The van der Waals surface area contributed by atoms with Gasteiger partial charge in [0.25, 0.3) is 0 Å². The summed E-state index contributed by atoms with van der Waals surface area (Å²) in [5, 5.41) is 0.223. The third kappa shape index (κ3) is 4.13. The van der Waals surface area contributed by atoms with Crippen LogP contribution in [-0.4, -0.2) is 13.3 Å². The number of pyridine rings is 1. The van der Waals surface area contributed by atoms with Crippen LogP contribution in [0.25, 0.3) is 6.08 Å². The zero-order chi connectivity index (χ0) is 24.3. The first kappa shape index (κ1) is 24.3. The lowest BCUT2D eigenvalue weighted by molar-refractivity contribution is 0.0819. The molecule has 4 heteroatoms. The molecule has 4 atom stereocenters. The molecular formula is C30H40BrNOSi. The minimum Gasteiger partial charge on any atom is -0.543 e. The van der Waals surface area contributed by atoms with E-state index in [4.69, 9.17) is 4.43 Å². The lowest BCUT2D eigenvalue weighted by Crippen LogP contribution is -2.44. The summed E-state index contributed by atoms with van der Waals surface area (Å²) in [6, 6.07) is 11.2. The Hall–Kier alpha value is -1.39. The smallest absolute Gasteiger partial charge is 0.250 e. The first-order valence-electron chi connectivity index (χ1n) is 13.1. The van der Waals surface area contributed by atoms with Crippen molar-refractivity contribution in [2.24, 2.45) is 17.3 Å². The second kappa shape index (κ2) is 8.62. The van der Waals surface area contributed by atoms with Crippen molar-refractivity contribution in [2.75, 3.05) is 0 Å². The van der Waals surface area contributed by atoms with Gasteiger partial charge >= 0.3 is 0 Å². The van der Waals surface area contributed by atoms with Crippen LogP contribution >= 0.6 is 15.9 Å². The fourth-order valence-corrected chi connectivity index (χ4v) is 8.22.